The number of carbonyl (C=O) groups excluding carboxylic acids is 2. The molecule has 10 heteroatoms. The molecule has 2 aliphatic rings. The van der Waals surface area contributed by atoms with E-state index in [1.807, 2.05) is 0 Å². The summed E-state index contributed by atoms with van der Waals surface area (Å²) in [5.74, 6) is -0.0683. The number of aromatic nitrogens is 1. The molecule has 1 saturated carbocycles. The fourth-order valence-electron chi connectivity index (χ4n) is 3.18. The summed E-state index contributed by atoms with van der Waals surface area (Å²) in [6.07, 6.45) is 1.38. The van der Waals surface area contributed by atoms with E-state index in [2.05, 4.69) is 25.7 Å². The number of allylic oxidation sites excluding steroid dienone is 2. The Morgan fingerprint density at radius 1 is 1.29 bits per heavy atom. The lowest BCUT2D eigenvalue weighted by molar-refractivity contribution is -0.166. The minimum absolute atomic E-state index is 0.00315. The maximum atomic E-state index is 12.7. The van der Waals surface area contributed by atoms with Crippen LogP contribution in [-0.4, -0.2) is 42.2 Å². The number of nitrogens with zero attached hydrogens (tertiary/aromatic N) is 1. The molecule has 168 valence electrons. The minimum atomic E-state index is -4.41. The Morgan fingerprint density at radius 2 is 2.03 bits per heavy atom. The number of anilines is 1. The molecule has 0 bridgehead atoms. The van der Waals surface area contributed by atoms with Crippen LogP contribution in [0.2, 0.25) is 0 Å². The summed E-state index contributed by atoms with van der Waals surface area (Å²) in [6.45, 7) is 2.37. The molecular formula is C21H25F3N4O3. The smallest absolute Gasteiger partial charge is 0.422 e. The zero-order chi connectivity index (χ0) is 22.6. The molecule has 1 unspecified atom stereocenters. The number of ether oxygens (including phenoxy) is 1. The van der Waals surface area contributed by atoms with Gasteiger partial charge in [0.1, 0.15) is 5.82 Å². The molecule has 1 aromatic rings. The first-order valence-corrected chi connectivity index (χ1v) is 10.1. The third-order valence-corrected chi connectivity index (χ3v) is 5.15. The van der Waals surface area contributed by atoms with Crippen LogP contribution in [-0.2, 0) is 9.53 Å². The molecule has 1 fully saturated rings. The van der Waals surface area contributed by atoms with Crippen LogP contribution < -0.4 is 16.0 Å². The van der Waals surface area contributed by atoms with Crippen LogP contribution in [0.25, 0.3) is 0 Å². The maximum Gasteiger partial charge on any atom is 0.422 e. The molecule has 3 rings (SSSR count). The topological polar surface area (TPSA) is 92.4 Å². The van der Waals surface area contributed by atoms with Crippen molar-refractivity contribution < 1.29 is 27.5 Å². The Morgan fingerprint density at radius 3 is 2.61 bits per heavy atom. The Hall–Kier alpha value is -3.04. The first-order chi connectivity index (χ1) is 14.6. The molecule has 3 N–H and O–H groups in total. The SMILES string of the molecule is Cc1cc(C(=O)NC(C)C2=CC=C(OCC(F)(F)F)NC2)cc(NC(=O)C2CCC2)n1. The highest BCUT2D eigenvalue weighted by Crippen LogP contribution is 2.27. The van der Waals surface area contributed by atoms with Gasteiger partial charge in [0, 0.05) is 29.8 Å². The van der Waals surface area contributed by atoms with Crippen molar-refractivity contribution in [3.05, 3.63) is 47.0 Å². The number of nitrogens with one attached hydrogen (secondary N) is 3. The lowest BCUT2D eigenvalue weighted by atomic mass is 9.85. The molecular weight excluding hydrogens is 413 g/mol. The van der Waals surface area contributed by atoms with Crippen molar-refractivity contribution >= 4 is 17.6 Å². The number of hydrogen-bond acceptors (Lipinski definition) is 5. The summed E-state index contributed by atoms with van der Waals surface area (Å²) in [4.78, 5) is 29.1. The second-order valence-electron chi connectivity index (χ2n) is 7.72. The predicted octanol–water partition coefficient (Wildman–Crippen LogP) is 3.20. The zero-order valence-electron chi connectivity index (χ0n) is 17.3. The molecule has 2 amide bonds. The van der Waals surface area contributed by atoms with Crippen LogP contribution in [0.1, 0.15) is 42.2 Å². The van der Waals surface area contributed by atoms with Gasteiger partial charge in [0.2, 0.25) is 5.91 Å². The quantitative estimate of drug-likeness (QED) is 0.608. The average molecular weight is 438 g/mol. The predicted molar refractivity (Wildman–Crippen MR) is 108 cm³/mol. The van der Waals surface area contributed by atoms with Gasteiger partial charge in [0.15, 0.2) is 12.5 Å². The van der Waals surface area contributed by atoms with E-state index in [1.165, 1.54) is 12.1 Å². The van der Waals surface area contributed by atoms with Gasteiger partial charge in [-0.05, 0) is 50.5 Å². The van der Waals surface area contributed by atoms with Crippen LogP contribution >= 0.6 is 0 Å². The summed E-state index contributed by atoms with van der Waals surface area (Å²) in [6, 6.07) is 2.78. The summed E-state index contributed by atoms with van der Waals surface area (Å²) >= 11 is 0. The monoisotopic (exact) mass is 438 g/mol. The number of carbonyl (C=O) groups is 2. The molecule has 1 aromatic heterocycles. The van der Waals surface area contributed by atoms with Crippen LogP contribution in [0, 0.1) is 12.8 Å². The lowest BCUT2D eigenvalue weighted by Crippen LogP contribution is -2.38. The molecule has 2 heterocycles. The second-order valence-corrected chi connectivity index (χ2v) is 7.72. The van der Waals surface area contributed by atoms with Gasteiger partial charge in [-0.3, -0.25) is 9.59 Å². The van der Waals surface area contributed by atoms with Gasteiger partial charge in [-0.15, -0.1) is 0 Å². The summed E-state index contributed by atoms with van der Waals surface area (Å²) in [5, 5.41) is 8.38. The van der Waals surface area contributed by atoms with Crippen molar-refractivity contribution in [2.75, 3.05) is 18.5 Å². The Balaban J connectivity index is 1.60. The van der Waals surface area contributed by atoms with E-state index in [-0.39, 0.29) is 36.2 Å². The third kappa shape index (κ3) is 6.47. The standard InChI is InChI=1S/C21H25F3N4O3/c1-12-8-16(9-17(26-12)28-19(29)14-4-3-5-14)20(30)27-13(2)15-6-7-18(25-10-15)31-11-21(22,23)24/h6-9,13-14,25H,3-5,10-11H2,1-2H3,(H,27,30)(H,26,28,29). The minimum Gasteiger partial charge on any atom is -0.470 e. The van der Waals surface area contributed by atoms with E-state index in [4.69, 9.17) is 0 Å². The zero-order valence-corrected chi connectivity index (χ0v) is 17.3. The molecule has 1 aliphatic carbocycles. The van der Waals surface area contributed by atoms with E-state index in [1.54, 1.807) is 26.0 Å². The number of halogens is 3. The van der Waals surface area contributed by atoms with Crippen molar-refractivity contribution in [3.63, 3.8) is 0 Å². The summed E-state index contributed by atoms with van der Waals surface area (Å²) in [7, 11) is 0. The van der Waals surface area contributed by atoms with Gasteiger partial charge in [0.25, 0.3) is 5.91 Å². The number of aryl methyl sites for hydroxylation is 1. The average Bonchev–Trinajstić information content (AvgIpc) is 2.64. The van der Waals surface area contributed by atoms with Crippen molar-refractivity contribution in [1.82, 2.24) is 15.6 Å². The first-order valence-electron chi connectivity index (χ1n) is 10.1. The van der Waals surface area contributed by atoms with Gasteiger partial charge < -0.3 is 20.7 Å². The molecule has 0 saturated heterocycles. The number of pyridine rings is 1. The largest absolute Gasteiger partial charge is 0.470 e. The fraction of sp³-hybridized carbons (Fsp3) is 0.476. The summed E-state index contributed by atoms with van der Waals surface area (Å²) < 4.78 is 41.4. The molecule has 0 spiro atoms. The Kier molecular flexibility index (Phi) is 6.87. The fourth-order valence-corrected chi connectivity index (χ4v) is 3.18. The van der Waals surface area contributed by atoms with Crippen molar-refractivity contribution in [2.24, 2.45) is 5.92 Å². The molecule has 0 radical (unpaired) electrons. The number of hydrogen-bond donors (Lipinski definition) is 3. The Bertz CT molecular complexity index is 908. The van der Waals surface area contributed by atoms with Gasteiger partial charge in [-0.1, -0.05) is 12.5 Å². The van der Waals surface area contributed by atoms with E-state index in [0.717, 1.165) is 24.8 Å². The number of dihydropyridines is 1. The molecule has 1 atom stereocenters. The van der Waals surface area contributed by atoms with Crippen molar-refractivity contribution in [3.8, 4) is 0 Å². The van der Waals surface area contributed by atoms with Gasteiger partial charge in [-0.25, -0.2) is 4.98 Å². The number of amides is 2. The van der Waals surface area contributed by atoms with Gasteiger partial charge >= 0.3 is 6.18 Å². The van der Waals surface area contributed by atoms with Gasteiger partial charge in [-0.2, -0.15) is 13.2 Å². The van der Waals surface area contributed by atoms with Gasteiger partial charge in [0.05, 0.1) is 0 Å². The summed E-state index contributed by atoms with van der Waals surface area (Å²) in [5.41, 5.74) is 1.73. The molecule has 0 aromatic carbocycles. The van der Waals surface area contributed by atoms with E-state index >= 15 is 0 Å². The molecule has 7 nitrogen and oxygen atoms in total. The first kappa shape index (κ1) is 22.6. The molecule has 1 aliphatic heterocycles. The highest BCUT2D eigenvalue weighted by atomic mass is 19.4. The van der Waals surface area contributed by atoms with E-state index < -0.39 is 12.8 Å². The highest BCUT2D eigenvalue weighted by molar-refractivity contribution is 5.97. The lowest BCUT2D eigenvalue weighted by Gasteiger charge is -2.24. The number of rotatable bonds is 7. The van der Waals surface area contributed by atoms with Crippen LogP contribution in [0.5, 0.6) is 0 Å². The Labute approximate surface area is 178 Å². The van der Waals surface area contributed by atoms with E-state index in [9.17, 15) is 22.8 Å². The third-order valence-electron chi connectivity index (χ3n) is 5.15. The molecule has 31 heavy (non-hydrogen) atoms. The van der Waals surface area contributed by atoms with Crippen molar-refractivity contribution in [2.45, 2.75) is 45.3 Å². The highest BCUT2D eigenvalue weighted by Gasteiger charge is 2.29. The second kappa shape index (κ2) is 9.40. The number of alkyl halides is 3. The maximum absolute atomic E-state index is 12.7. The van der Waals surface area contributed by atoms with Crippen LogP contribution in [0.3, 0.4) is 0 Å². The van der Waals surface area contributed by atoms with Crippen LogP contribution in [0.4, 0.5) is 19.0 Å². The van der Waals surface area contributed by atoms with Crippen molar-refractivity contribution in [1.29, 1.82) is 0 Å². The normalized spacial score (nSPS) is 17.5. The van der Waals surface area contributed by atoms with E-state index in [0.29, 0.717) is 17.1 Å². The van der Waals surface area contributed by atoms with Crippen LogP contribution in [0.15, 0.2) is 35.7 Å².